The molecule has 0 fully saturated rings. The summed E-state index contributed by atoms with van der Waals surface area (Å²) in [6.07, 6.45) is 0. The largest absolute Gasteiger partial charge is 0.456 e. The van der Waals surface area contributed by atoms with Crippen molar-refractivity contribution in [2.45, 2.75) is 0 Å². The fraction of sp³-hybridized carbons (Fsp3) is 0. The molecule has 0 saturated heterocycles. The molecule has 3 nitrogen and oxygen atoms in total. The van der Waals surface area contributed by atoms with Crippen molar-refractivity contribution in [3.05, 3.63) is 243 Å². The zero-order chi connectivity index (χ0) is 42.8. The molecule has 13 aromatic rings. The van der Waals surface area contributed by atoms with Gasteiger partial charge in [0, 0.05) is 55.9 Å². The molecule has 0 aliphatic rings. The van der Waals surface area contributed by atoms with Crippen LogP contribution < -0.4 is 4.90 Å². The van der Waals surface area contributed by atoms with Crippen molar-refractivity contribution in [1.82, 2.24) is 4.57 Å². The summed E-state index contributed by atoms with van der Waals surface area (Å²) in [7, 11) is 0. The predicted molar refractivity (Wildman–Crippen MR) is 274 cm³/mol. The topological polar surface area (TPSA) is 21.3 Å². The highest BCUT2D eigenvalue weighted by Gasteiger charge is 2.21. The van der Waals surface area contributed by atoms with Crippen LogP contribution in [0, 0.1) is 0 Å². The van der Waals surface area contributed by atoms with Crippen molar-refractivity contribution in [2.75, 3.05) is 4.90 Å². The first-order chi connectivity index (χ1) is 32.2. The molecule has 0 bridgehead atoms. The summed E-state index contributed by atoms with van der Waals surface area (Å²) in [4.78, 5) is 2.34. The maximum absolute atomic E-state index is 6.44. The lowest BCUT2D eigenvalue weighted by molar-refractivity contribution is 0.669. The number of benzene rings is 11. The number of fused-ring (bicyclic) bond motifs is 10. The molecule has 304 valence electrons. The van der Waals surface area contributed by atoms with Crippen LogP contribution in [-0.4, -0.2) is 4.57 Å². The number of hydrogen-bond acceptors (Lipinski definition) is 2. The van der Waals surface area contributed by atoms with Gasteiger partial charge in [-0.15, -0.1) is 0 Å². The Labute approximate surface area is 376 Å². The van der Waals surface area contributed by atoms with Crippen LogP contribution >= 0.6 is 0 Å². The molecule has 13 rings (SSSR count). The molecule has 2 heterocycles. The Hall–Kier alpha value is -8.66. The standard InChI is InChI=1S/C62H40N2O/c1-3-14-41(15-4-1)42-30-33-49(34-31-42)63(51-35-36-55-54-24-9-10-27-58(54)65-59(55)40-51)50-22-12-18-46(39-50)45-17-11-19-47(38-45)53-25-13-26-56-61-57(64(62(53)56)48-20-5-2-6-21-48)37-32-44-29-28-43-16-7-8-23-52(43)60(44)61/h1-40H. The lowest BCUT2D eigenvalue weighted by Gasteiger charge is -2.26. The van der Waals surface area contributed by atoms with Gasteiger partial charge in [-0.25, -0.2) is 0 Å². The van der Waals surface area contributed by atoms with E-state index in [-0.39, 0.29) is 0 Å². The van der Waals surface area contributed by atoms with Crippen molar-refractivity contribution in [2.24, 2.45) is 0 Å². The fourth-order valence-electron chi connectivity index (χ4n) is 10.2. The number of nitrogens with zero attached hydrogens (tertiary/aromatic N) is 2. The number of aromatic nitrogens is 1. The van der Waals surface area contributed by atoms with Gasteiger partial charge in [0.2, 0.25) is 0 Å². The number of furan rings is 1. The molecule has 0 spiro atoms. The smallest absolute Gasteiger partial charge is 0.137 e. The van der Waals surface area contributed by atoms with E-state index in [1.54, 1.807) is 0 Å². The fourth-order valence-corrected chi connectivity index (χ4v) is 10.2. The van der Waals surface area contributed by atoms with Gasteiger partial charge in [0.1, 0.15) is 11.2 Å². The molecule has 0 radical (unpaired) electrons. The molecule has 0 aliphatic carbocycles. The summed E-state index contributed by atoms with van der Waals surface area (Å²) in [6.45, 7) is 0. The van der Waals surface area contributed by atoms with E-state index in [0.717, 1.165) is 61.4 Å². The van der Waals surface area contributed by atoms with Crippen molar-refractivity contribution in [3.8, 4) is 39.1 Å². The highest BCUT2D eigenvalue weighted by molar-refractivity contribution is 6.29. The third kappa shape index (κ3) is 6.12. The number of rotatable bonds is 7. The van der Waals surface area contributed by atoms with Crippen LogP contribution in [0.5, 0.6) is 0 Å². The Balaban J connectivity index is 0.971. The third-order valence-corrected chi connectivity index (χ3v) is 13.1. The molecule has 0 atom stereocenters. The minimum absolute atomic E-state index is 0.863. The third-order valence-electron chi connectivity index (χ3n) is 13.1. The number of anilines is 3. The lowest BCUT2D eigenvalue weighted by Crippen LogP contribution is -2.10. The molecule has 0 saturated carbocycles. The molecule has 0 unspecified atom stereocenters. The Kier molecular flexibility index (Phi) is 8.53. The Morgan fingerprint density at radius 2 is 0.923 bits per heavy atom. The van der Waals surface area contributed by atoms with Gasteiger partial charge in [-0.1, -0.05) is 170 Å². The first-order valence-electron chi connectivity index (χ1n) is 22.2. The van der Waals surface area contributed by atoms with Crippen LogP contribution in [0.15, 0.2) is 247 Å². The summed E-state index contributed by atoms with van der Waals surface area (Å²) >= 11 is 0. The zero-order valence-corrected chi connectivity index (χ0v) is 35.4. The summed E-state index contributed by atoms with van der Waals surface area (Å²) in [5.74, 6) is 0. The van der Waals surface area contributed by atoms with Crippen LogP contribution in [0.3, 0.4) is 0 Å². The minimum Gasteiger partial charge on any atom is -0.456 e. The van der Waals surface area contributed by atoms with Gasteiger partial charge in [0.15, 0.2) is 0 Å². The highest BCUT2D eigenvalue weighted by Crippen LogP contribution is 2.45. The zero-order valence-electron chi connectivity index (χ0n) is 35.4. The minimum atomic E-state index is 0.863. The molecule has 11 aromatic carbocycles. The van der Waals surface area contributed by atoms with E-state index in [9.17, 15) is 0 Å². The Morgan fingerprint density at radius 1 is 0.323 bits per heavy atom. The van der Waals surface area contributed by atoms with Gasteiger partial charge in [-0.2, -0.15) is 0 Å². The number of hydrogen-bond donors (Lipinski definition) is 0. The average Bonchev–Trinajstić information content (AvgIpc) is 3.93. The van der Waals surface area contributed by atoms with E-state index in [0.29, 0.717) is 0 Å². The van der Waals surface area contributed by atoms with E-state index in [4.69, 9.17) is 4.42 Å². The highest BCUT2D eigenvalue weighted by atomic mass is 16.3. The Morgan fingerprint density at radius 3 is 1.78 bits per heavy atom. The summed E-state index contributed by atoms with van der Waals surface area (Å²) in [5.41, 5.74) is 15.4. The molecule has 0 N–H and O–H groups in total. The second-order valence-electron chi connectivity index (χ2n) is 16.9. The van der Waals surface area contributed by atoms with Gasteiger partial charge in [-0.05, 0) is 116 Å². The van der Waals surface area contributed by atoms with Crippen molar-refractivity contribution >= 4 is 82.4 Å². The molecule has 3 heteroatoms. The van der Waals surface area contributed by atoms with Crippen molar-refractivity contribution in [1.29, 1.82) is 0 Å². The average molecular weight is 829 g/mol. The second kappa shape index (κ2) is 15.0. The first kappa shape index (κ1) is 36.9. The van der Waals surface area contributed by atoms with Gasteiger partial charge in [0.05, 0.1) is 11.0 Å². The lowest BCUT2D eigenvalue weighted by atomic mass is 9.95. The van der Waals surface area contributed by atoms with Gasteiger partial charge < -0.3 is 13.9 Å². The quantitative estimate of drug-likeness (QED) is 0.149. The normalized spacial score (nSPS) is 11.7. The maximum atomic E-state index is 6.44. The van der Waals surface area contributed by atoms with Crippen molar-refractivity contribution in [3.63, 3.8) is 0 Å². The van der Waals surface area contributed by atoms with Crippen molar-refractivity contribution < 1.29 is 4.42 Å². The van der Waals surface area contributed by atoms with Crippen LogP contribution in [0.1, 0.15) is 0 Å². The molecule has 65 heavy (non-hydrogen) atoms. The van der Waals surface area contributed by atoms with Gasteiger partial charge in [0.25, 0.3) is 0 Å². The van der Waals surface area contributed by atoms with E-state index in [1.165, 1.54) is 60.0 Å². The second-order valence-corrected chi connectivity index (χ2v) is 16.9. The summed E-state index contributed by atoms with van der Waals surface area (Å²) in [6, 6.07) is 87.7. The molecule has 0 amide bonds. The van der Waals surface area contributed by atoms with Crippen LogP contribution in [0.25, 0.3) is 104 Å². The van der Waals surface area contributed by atoms with Gasteiger partial charge >= 0.3 is 0 Å². The maximum Gasteiger partial charge on any atom is 0.137 e. The SMILES string of the molecule is c1ccc(-c2ccc(N(c3cccc(-c4cccc(-c5cccc6c7c8c(ccc9ccccc98)ccc7n(-c7ccccc7)c56)c4)c3)c3ccc4c(c3)oc3ccccc34)cc2)cc1. The first-order valence-corrected chi connectivity index (χ1v) is 22.2. The Bertz CT molecular complexity index is 3940. The monoisotopic (exact) mass is 828 g/mol. The molecule has 2 aromatic heterocycles. The summed E-state index contributed by atoms with van der Waals surface area (Å²) in [5, 5.41) is 9.81. The number of para-hydroxylation sites is 3. The molecular weight excluding hydrogens is 789 g/mol. The predicted octanol–water partition coefficient (Wildman–Crippen LogP) is 17.5. The van der Waals surface area contributed by atoms with Crippen LogP contribution in [-0.2, 0) is 0 Å². The van der Waals surface area contributed by atoms with Crippen LogP contribution in [0.2, 0.25) is 0 Å². The van der Waals surface area contributed by atoms with E-state index < -0.39 is 0 Å². The van der Waals surface area contributed by atoms with E-state index in [2.05, 4.69) is 240 Å². The van der Waals surface area contributed by atoms with E-state index >= 15 is 0 Å². The summed E-state index contributed by atoms with van der Waals surface area (Å²) < 4.78 is 8.90. The van der Waals surface area contributed by atoms with Gasteiger partial charge in [-0.3, -0.25) is 0 Å². The molecule has 0 aliphatic heterocycles. The van der Waals surface area contributed by atoms with E-state index in [1.807, 2.05) is 12.1 Å². The molecular formula is C62H40N2O. The van der Waals surface area contributed by atoms with Crippen LogP contribution in [0.4, 0.5) is 17.1 Å².